The fraction of sp³-hybridized carbons (Fsp3) is 0.571. The molecule has 1 rings (SSSR count). The first kappa shape index (κ1) is 8.20. The van der Waals surface area contributed by atoms with Crippen molar-refractivity contribution in [3.05, 3.63) is 18.2 Å². The third kappa shape index (κ3) is 2.01. The molecule has 0 aliphatic heterocycles. The van der Waals surface area contributed by atoms with Crippen LogP contribution in [0.15, 0.2) is 12.4 Å². The number of aryl methyl sites for hydroxylation is 1. The Morgan fingerprint density at radius 2 is 2.45 bits per heavy atom. The van der Waals surface area contributed by atoms with Gasteiger partial charge in [-0.15, -0.1) is 0 Å². The van der Waals surface area contributed by atoms with E-state index in [1.165, 1.54) is 0 Å². The predicted molar refractivity (Wildman–Crippen MR) is 41.0 cm³/mol. The molecule has 1 heterocycles. The highest BCUT2D eigenvalue weighted by atomic mass is 19.1. The molecular formula is C7H12FN3. The summed E-state index contributed by atoms with van der Waals surface area (Å²) < 4.78 is 13.7. The van der Waals surface area contributed by atoms with Gasteiger partial charge in [-0.1, -0.05) is 0 Å². The van der Waals surface area contributed by atoms with E-state index in [-0.39, 0.29) is 6.67 Å². The maximum absolute atomic E-state index is 11.9. The average molecular weight is 157 g/mol. The zero-order valence-corrected chi connectivity index (χ0v) is 6.33. The number of rotatable bonds is 4. The molecule has 0 radical (unpaired) electrons. The predicted octanol–water partition coefficient (Wildman–Crippen LogP) is 0.354. The van der Waals surface area contributed by atoms with E-state index in [0.29, 0.717) is 19.5 Å². The van der Waals surface area contributed by atoms with Gasteiger partial charge in [-0.25, -0.2) is 9.37 Å². The van der Waals surface area contributed by atoms with Gasteiger partial charge in [0.05, 0.1) is 6.54 Å². The van der Waals surface area contributed by atoms with E-state index in [0.717, 1.165) is 5.82 Å². The lowest BCUT2D eigenvalue weighted by Crippen LogP contribution is -2.10. The molecule has 0 aliphatic rings. The zero-order valence-electron chi connectivity index (χ0n) is 6.33. The van der Waals surface area contributed by atoms with Crippen molar-refractivity contribution in [2.24, 2.45) is 5.73 Å². The number of alkyl halides is 1. The fourth-order valence-corrected chi connectivity index (χ4v) is 0.992. The van der Waals surface area contributed by atoms with Crippen molar-refractivity contribution in [3.8, 4) is 0 Å². The van der Waals surface area contributed by atoms with Gasteiger partial charge in [0.1, 0.15) is 12.5 Å². The van der Waals surface area contributed by atoms with Crippen LogP contribution in [0.4, 0.5) is 4.39 Å². The minimum atomic E-state index is -0.353. The van der Waals surface area contributed by atoms with Gasteiger partial charge in [0, 0.05) is 18.8 Å². The smallest absolute Gasteiger partial charge is 0.109 e. The van der Waals surface area contributed by atoms with Crippen LogP contribution < -0.4 is 5.73 Å². The molecule has 0 aliphatic carbocycles. The summed E-state index contributed by atoms with van der Waals surface area (Å²) in [6.07, 6.45) is 4.15. The molecule has 11 heavy (non-hydrogen) atoms. The number of nitrogens with zero attached hydrogens (tertiary/aromatic N) is 2. The van der Waals surface area contributed by atoms with Crippen molar-refractivity contribution in [1.82, 2.24) is 9.55 Å². The summed E-state index contributed by atoms with van der Waals surface area (Å²) in [5.74, 6) is 0.866. The lowest BCUT2D eigenvalue weighted by atomic mass is 10.4. The molecule has 0 spiro atoms. The first-order chi connectivity index (χ1) is 5.38. The third-order valence-corrected chi connectivity index (χ3v) is 1.50. The van der Waals surface area contributed by atoms with E-state index < -0.39 is 0 Å². The van der Waals surface area contributed by atoms with Crippen LogP contribution in [0, 0.1) is 0 Å². The van der Waals surface area contributed by atoms with Crippen LogP contribution in [-0.2, 0) is 13.0 Å². The van der Waals surface area contributed by atoms with Crippen molar-refractivity contribution in [3.63, 3.8) is 0 Å². The Bertz CT molecular complexity index is 189. The van der Waals surface area contributed by atoms with E-state index >= 15 is 0 Å². The minimum Gasteiger partial charge on any atom is -0.332 e. The average Bonchev–Trinajstić information content (AvgIpc) is 2.39. The molecule has 3 nitrogen and oxygen atoms in total. The normalized spacial score (nSPS) is 10.4. The second-order valence-electron chi connectivity index (χ2n) is 2.26. The monoisotopic (exact) mass is 157 g/mol. The Morgan fingerprint density at radius 1 is 1.64 bits per heavy atom. The molecule has 0 bridgehead atoms. The lowest BCUT2D eigenvalue weighted by molar-refractivity contribution is 0.439. The first-order valence-corrected chi connectivity index (χ1v) is 3.64. The van der Waals surface area contributed by atoms with Gasteiger partial charge >= 0.3 is 0 Å². The van der Waals surface area contributed by atoms with E-state index in [2.05, 4.69) is 4.98 Å². The van der Waals surface area contributed by atoms with Crippen LogP contribution >= 0.6 is 0 Å². The second kappa shape index (κ2) is 4.08. The largest absolute Gasteiger partial charge is 0.332 e. The van der Waals surface area contributed by atoms with Crippen LogP contribution in [-0.4, -0.2) is 22.8 Å². The summed E-state index contributed by atoms with van der Waals surface area (Å²) in [5, 5.41) is 0. The number of hydrogen-bond donors (Lipinski definition) is 1. The van der Waals surface area contributed by atoms with Gasteiger partial charge in [0.2, 0.25) is 0 Å². The summed E-state index contributed by atoms with van der Waals surface area (Å²) in [7, 11) is 0. The number of hydrogen-bond acceptors (Lipinski definition) is 2. The number of imidazole rings is 1. The molecule has 0 atom stereocenters. The number of halogens is 1. The van der Waals surface area contributed by atoms with E-state index in [4.69, 9.17) is 5.73 Å². The molecular weight excluding hydrogens is 145 g/mol. The zero-order chi connectivity index (χ0) is 8.10. The van der Waals surface area contributed by atoms with Crippen LogP contribution in [0.1, 0.15) is 5.82 Å². The SMILES string of the molecule is NCCc1nccn1CCF. The lowest BCUT2D eigenvalue weighted by Gasteiger charge is -2.02. The highest BCUT2D eigenvalue weighted by molar-refractivity contribution is 4.92. The van der Waals surface area contributed by atoms with Crippen molar-refractivity contribution in [2.75, 3.05) is 13.2 Å². The molecule has 0 aromatic carbocycles. The van der Waals surface area contributed by atoms with E-state index in [9.17, 15) is 4.39 Å². The quantitative estimate of drug-likeness (QED) is 0.685. The van der Waals surface area contributed by atoms with Gasteiger partial charge in [-0.05, 0) is 6.54 Å². The topological polar surface area (TPSA) is 43.8 Å². The molecule has 4 heteroatoms. The molecule has 0 saturated heterocycles. The van der Waals surface area contributed by atoms with Crippen molar-refractivity contribution in [1.29, 1.82) is 0 Å². The van der Waals surface area contributed by atoms with Gasteiger partial charge in [0.15, 0.2) is 0 Å². The van der Waals surface area contributed by atoms with Crippen molar-refractivity contribution >= 4 is 0 Å². The highest BCUT2D eigenvalue weighted by Crippen LogP contribution is 1.97. The molecule has 0 saturated carbocycles. The van der Waals surface area contributed by atoms with Crippen LogP contribution in [0.2, 0.25) is 0 Å². The van der Waals surface area contributed by atoms with Crippen LogP contribution in [0.5, 0.6) is 0 Å². The molecule has 1 aromatic heterocycles. The van der Waals surface area contributed by atoms with Gasteiger partial charge < -0.3 is 10.3 Å². The molecule has 0 unspecified atom stereocenters. The van der Waals surface area contributed by atoms with E-state index in [1.54, 1.807) is 17.0 Å². The Kier molecular flexibility index (Phi) is 3.04. The Morgan fingerprint density at radius 3 is 3.09 bits per heavy atom. The molecule has 62 valence electrons. The Labute approximate surface area is 65.0 Å². The van der Waals surface area contributed by atoms with E-state index in [1.807, 2.05) is 0 Å². The maximum Gasteiger partial charge on any atom is 0.109 e. The van der Waals surface area contributed by atoms with Gasteiger partial charge in [0.25, 0.3) is 0 Å². The van der Waals surface area contributed by atoms with Crippen molar-refractivity contribution in [2.45, 2.75) is 13.0 Å². The Balaban J connectivity index is 2.62. The molecule has 1 aromatic rings. The highest BCUT2D eigenvalue weighted by Gasteiger charge is 1.99. The number of nitrogens with two attached hydrogens (primary N) is 1. The summed E-state index contributed by atoms with van der Waals surface area (Å²) >= 11 is 0. The molecule has 2 N–H and O–H groups in total. The fourth-order valence-electron chi connectivity index (χ4n) is 0.992. The summed E-state index contributed by atoms with van der Waals surface area (Å²) in [6.45, 7) is 0.590. The van der Waals surface area contributed by atoms with Gasteiger partial charge in [-0.3, -0.25) is 0 Å². The minimum absolute atomic E-state index is 0.353. The number of aromatic nitrogens is 2. The molecule has 0 amide bonds. The van der Waals surface area contributed by atoms with Crippen molar-refractivity contribution < 1.29 is 4.39 Å². The second-order valence-corrected chi connectivity index (χ2v) is 2.26. The summed E-state index contributed by atoms with van der Waals surface area (Å²) in [6, 6.07) is 0. The third-order valence-electron chi connectivity index (χ3n) is 1.50. The molecule has 0 fully saturated rings. The van der Waals surface area contributed by atoms with Gasteiger partial charge in [-0.2, -0.15) is 0 Å². The summed E-state index contributed by atoms with van der Waals surface area (Å²) in [5.41, 5.74) is 5.34. The first-order valence-electron chi connectivity index (χ1n) is 3.64. The van der Waals surface area contributed by atoms with Crippen LogP contribution in [0.3, 0.4) is 0 Å². The standard InChI is InChI=1S/C7H12FN3/c8-2-5-11-6-4-10-7(11)1-3-9/h4,6H,1-3,5,9H2. The Hall–Kier alpha value is -0.900. The maximum atomic E-state index is 11.9. The summed E-state index contributed by atoms with van der Waals surface area (Å²) in [4.78, 5) is 4.04. The van der Waals surface area contributed by atoms with Crippen LogP contribution in [0.25, 0.3) is 0 Å².